The zero-order valence-electron chi connectivity index (χ0n) is 13.8. The van der Waals surface area contributed by atoms with Crippen LogP contribution in [0.5, 0.6) is 0 Å². The molecule has 0 rings (SSSR count). The van der Waals surface area contributed by atoms with Gasteiger partial charge < -0.3 is 9.47 Å². The van der Waals surface area contributed by atoms with Gasteiger partial charge >= 0.3 is 5.97 Å². The second kappa shape index (κ2) is 8.57. The van der Waals surface area contributed by atoms with E-state index in [1.54, 1.807) is 0 Å². The van der Waals surface area contributed by atoms with Crippen LogP contribution >= 0.6 is 0 Å². The molecule has 0 saturated heterocycles. The van der Waals surface area contributed by atoms with Crippen molar-refractivity contribution in [2.75, 3.05) is 13.2 Å². The first kappa shape index (κ1) is 18.4. The van der Waals surface area contributed by atoms with Crippen molar-refractivity contribution in [1.82, 2.24) is 0 Å². The smallest absolute Gasteiger partial charge is 0.314 e. The highest BCUT2D eigenvalue weighted by Crippen LogP contribution is 2.36. The van der Waals surface area contributed by atoms with Crippen LogP contribution in [0.15, 0.2) is 0 Å². The molecule has 3 nitrogen and oxygen atoms in total. The molecule has 0 saturated carbocycles. The number of carbonyl (C=O) groups excluding carboxylic acids is 1. The van der Waals surface area contributed by atoms with Crippen LogP contribution in [0.25, 0.3) is 0 Å². The van der Waals surface area contributed by atoms with E-state index in [4.69, 9.17) is 9.47 Å². The van der Waals surface area contributed by atoms with Gasteiger partial charge in [-0.2, -0.15) is 0 Å². The van der Waals surface area contributed by atoms with E-state index in [0.717, 1.165) is 12.8 Å². The molecule has 114 valence electrons. The predicted molar refractivity (Wildman–Crippen MR) is 79.1 cm³/mol. The summed E-state index contributed by atoms with van der Waals surface area (Å²) in [6.07, 6.45) is 1.76. The highest BCUT2D eigenvalue weighted by atomic mass is 16.5. The Morgan fingerprint density at radius 1 is 1.11 bits per heavy atom. The fourth-order valence-electron chi connectivity index (χ4n) is 2.09. The highest BCUT2D eigenvalue weighted by Gasteiger charge is 2.43. The zero-order chi connectivity index (χ0) is 15.1. The second-order valence-corrected chi connectivity index (χ2v) is 6.33. The van der Waals surface area contributed by atoms with Gasteiger partial charge in [0, 0.05) is 6.61 Å². The molecule has 0 heterocycles. The van der Waals surface area contributed by atoms with Crippen molar-refractivity contribution in [2.24, 2.45) is 17.3 Å². The van der Waals surface area contributed by atoms with Crippen molar-refractivity contribution in [3.8, 4) is 0 Å². The van der Waals surface area contributed by atoms with Crippen LogP contribution in [0, 0.1) is 17.3 Å². The molecule has 0 radical (unpaired) electrons. The van der Waals surface area contributed by atoms with Crippen LogP contribution < -0.4 is 0 Å². The number of ether oxygens (including phenoxy) is 2. The van der Waals surface area contributed by atoms with Gasteiger partial charge in [-0.15, -0.1) is 0 Å². The van der Waals surface area contributed by atoms with Gasteiger partial charge in [0.25, 0.3) is 0 Å². The summed E-state index contributed by atoms with van der Waals surface area (Å²) in [5, 5.41) is 0. The summed E-state index contributed by atoms with van der Waals surface area (Å²) in [6, 6.07) is 0. The lowest BCUT2D eigenvalue weighted by molar-refractivity contribution is -0.169. The third-order valence-electron chi connectivity index (χ3n) is 3.59. The maximum atomic E-state index is 12.5. The minimum absolute atomic E-state index is 0.0775. The molecule has 0 spiro atoms. The Morgan fingerprint density at radius 3 is 2.05 bits per heavy atom. The van der Waals surface area contributed by atoms with Crippen LogP contribution in [0.2, 0.25) is 0 Å². The lowest BCUT2D eigenvalue weighted by atomic mass is 9.73. The second-order valence-electron chi connectivity index (χ2n) is 6.33. The SMILES string of the molecule is CCOCC(CCC(C)C)(C(=O)OC(C)C)C(C)C. The average molecular weight is 272 g/mol. The quantitative estimate of drug-likeness (QED) is 0.594. The van der Waals surface area contributed by atoms with Crippen molar-refractivity contribution in [3.63, 3.8) is 0 Å². The molecule has 0 fully saturated rings. The van der Waals surface area contributed by atoms with E-state index in [2.05, 4.69) is 27.7 Å². The summed E-state index contributed by atoms with van der Waals surface area (Å²) >= 11 is 0. The van der Waals surface area contributed by atoms with Gasteiger partial charge in [-0.25, -0.2) is 0 Å². The lowest BCUT2D eigenvalue weighted by Crippen LogP contribution is -2.43. The summed E-state index contributed by atoms with van der Waals surface area (Å²) in [5.74, 6) is 0.683. The summed E-state index contributed by atoms with van der Waals surface area (Å²) < 4.78 is 11.1. The van der Waals surface area contributed by atoms with Gasteiger partial charge in [-0.1, -0.05) is 27.7 Å². The molecule has 0 bridgehead atoms. The fraction of sp³-hybridized carbons (Fsp3) is 0.938. The predicted octanol–water partition coefficient (Wildman–Crippen LogP) is 4.05. The van der Waals surface area contributed by atoms with Crippen LogP contribution in [0.1, 0.15) is 61.3 Å². The van der Waals surface area contributed by atoms with E-state index in [-0.39, 0.29) is 18.0 Å². The molecule has 1 unspecified atom stereocenters. The molecule has 0 aliphatic rings. The van der Waals surface area contributed by atoms with Crippen molar-refractivity contribution in [2.45, 2.75) is 67.4 Å². The van der Waals surface area contributed by atoms with E-state index >= 15 is 0 Å². The topological polar surface area (TPSA) is 35.5 Å². The Morgan fingerprint density at radius 2 is 1.68 bits per heavy atom. The lowest BCUT2D eigenvalue weighted by Gasteiger charge is -2.36. The van der Waals surface area contributed by atoms with Crippen molar-refractivity contribution in [3.05, 3.63) is 0 Å². The van der Waals surface area contributed by atoms with Gasteiger partial charge in [0.05, 0.1) is 18.1 Å². The van der Waals surface area contributed by atoms with Gasteiger partial charge in [-0.3, -0.25) is 4.79 Å². The van der Waals surface area contributed by atoms with Crippen molar-refractivity contribution >= 4 is 5.97 Å². The van der Waals surface area contributed by atoms with Crippen LogP contribution in [-0.2, 0) is 14.3 Å². The van der Waals surface area contributed by atoms with Crippen LogP contribution in [-0.4, -0.2) is 25.3 Å². The molecule has 0 aliphatic carbocycles. The van der Waals surface area contributed by atoms with E-state index in [9.17, 15) is 4.79 Å². The summed E-state index contributed by atoms with van der Waals surface area (Å²) in [4.78, 5) is 12.5. The first-order chi connectivity index (χ1) is 8.76. The molecule has 0 aliphatic heterocycles. The number of rotatable bonds is 9. The highest BCUT2D eigenvalue weighted by molar-refractivity contribution is 5.77. The monoisotopic (exact) mass is 272 g/mol. The Balaban J connectivity index is 5.05. The first-order valence-electron chi connectivity index (χ1n) is 7.55. The molecule has 0 N–H and O–H groups in total. The molecular weight excluding hydrogens is 240 g/mol. The summed E-state index contributed by atoms with van der Waals surface area (Å²) in [5.41, 5.74) is -0.509. The van der Waals surface area contributed by atoms with Crippen molar-refractivity contribution < 1.29 is 14.3 Å². The maximum Gasteiger partial charge on any atom is 0.314 e. The molecule has 0 amide bonds. The third-order valence-corrected chi connectivity index (χ3v) is 3.59. The van der Waals surface area contributed by atoms with E-state index in [1.165, 1.54) is 0 Å². The van der Waals surface area contributed by atoms with Crippen LogP contribution in [0.4, 0.5) is 0 Å². The molecule has 1 atom stereocenters. The van der Waals surface area contributed by atoms with Gasteiger partial charge in [0.15, 0.2) is 0 Å². The minimum Gasteiger partial charge on any atom is -0.462 e. The molecule has 3 heteroatoms. The van der Waals surface area contributed by atoms with Gasteiger partial charge in [0.1, 0.15) is 0 Å². The van der Waals surface area contributed by atoms with Gasteiger partial charge in [-0.05, 0) is 45.4 Å². The molecular formula is C16H32O3. The minimum atomic E-state index is -0.509. The Bertz CT molecular complexity index is 259. The number of esters is 1. The van der Waals surface area contributed by atoms with Gasteiger partial charge in [0.2, 0.25) is 0 Å². The Hall–Kier alpha value is -0.570. The van der Waals surface area contributed by atoms with E-state index in [0.29, 0.717) is 19.1 Å². The van der Waals surface area contributed by atoms with Crippen LogP contribution in [0.3, 0.4) is 0 Å². The normalized spacial score (nSPS) is 15.1. The average Bonchev–Trinajstić information content (AvgIpc) is 2.27. The standard InChI is InChI=1S/C16H32O3/c1-8-18-11-16(13(4)5,10-9-12(2)3)15(17)19-14(6)7/h12-14H,8-11H2,1-7H3. The largest absolute Gasteiger partial charge is 0.462 e. The molecule has 0 aromatic carbocycles. The number of carbonyl (C=O) groups is 1. The van der Waals surface area contributed by atoms with Crippen molar-refractivity contribution in [1.29, 1.82) is 0 Å². The molecule has 19 heavy (non-hydrogen) atoms. The molecule has 0 aromatic rings. The number of hydrogen-bond acceptors (Lipinski definition) is 3. The number of hydrogen-bond donors (Lipinski definition) is 0. The maximum absolute atomic E-state index is 12.5. The first-order valence-corrected chi connectivity index (χ1v) is 7.55. The van der Waals surface area contributed by atoms with E-state index in [1.807, 2.05) is 20.8 Å². The third kappa shape index (κ3) is 5.94. The van der Waals surface area contributed by atoms with E-state index < -0.39 is 5.41 Å². The molecule has 0 aromatic heterocycles. The zero-order valence-corrected chi connectivity index (χ0v) is 13.8. The summed E-state index contributed by atoms with van der Waals surface area (Å²) in [6.45, 7) is 15.4. The Labute approximate surface area is 119 Å². The summed E-state index contributed by atoms with van der Waals surface area (Å²) in [7, 11) is 0. The Kier molecular flexibility index (Phi) is 8.31. The fourth-order valence-corrected chi connectivity index (χ4v) is 2.09.